The summed E-state index contributed by atoms with van der Waals surface area (Å²) in [5.41, 5.74) is -0.352. The molecular weight excluding hydrogens is 240 g/mol. The average Bonchev–Trinajstić information content (AvgIpc) is 2.25. The van der Waals surface area contributed by atoms with Crippen LogP contribution in [0.5, 0.6) is 0 Å². The lowest BCUT2D eigenvalue weighted by molar-refractivity contribution is -0.0179. The number of nitrogens with zero attached hydrogens (tertiary/aromatic N) is 1. The zero-order chi connectivity index (χ0) is 14.5. The first-order valence-electron chi connectivity index (χ1n) is 7.45. The van der Waals surface area contributed by atoms with Crippen LogP contribution in [0.1, 0.15) is 40.5 Å². The van der Waals surface area contributed by atoms with Gasteiger partial charge >= 0.3 is 0 Å². The Morgan fingerprint density at radius 1 is 1.32 bits per heavy atom. The van der Waals surface area contributed by atoms with Crippen molar-refractivity contribution in [3.8, 4) is 0 Å². The molecule has 4 nitrogen and oxygen atoms in total. The molecule has 2 N–H and O–H groups in total. The molecular formula is C15H32N2O2. The summed E-state index contributed by atoms with van der Waals surface area (Å²) in [6.45, 7) is 12.6. The summed E-state index contributed by atoms with van der Waals surface area (Å²) in [5.74, 6) is 0. The average molecular weight is 272 g/mol. The first kappa shape index (κ1) is 16.9. The van der Waals surface area contributed by atoms with Gasteiger partial charge in [-0.2, -0.15) is 0 Å². The Hall–Kier alpha value is -0.160. The number of likely N-dealkylation sites (N-methyl/N-ethyl adjacent to an activating group) is 1. The van der Waals surface area contributed by atoms with E-state index in [0.717, 1.165) is 39.1 Å². The van der Waals surface area contributed by atoms with E-state index >= 15 is 0 Å². The minimum absolute atomic E-state index is 0.280. The molecule has 0 amide bonds. The summed E-state index contributed by atoms with van der Waals surface area (Å²) in [6, 6.07) is 0.513. The van der Waals surface area contributed by atoms with Crippen LogP contribution in [0.25, 0.3) is 0 Å². The van der Waals surface area contributed by atoms with E-state index < -0.39 is 5.60 Å². The number of nitrogens with one attached hydrogen (secondary N) is 1. The molecule has 0 aliphatic carbocycles. The molecule has 0 aromatic carbocycles. The van der Waals surface area contributed by atoms with Gasteiger partial charge in [0.25, 0.3) is 0 Å². The van der Waals surface area contributed by atoms with Gasteiger partial charge in [-0.15, -0.1) is 0 Å². The highest BCUT2D eigenvalue weighted by Crippen LogP contribution is 2.31. The Balaban J connectivity index is 2.58. The van der Waals surface area contributed by atoms with Gasteiger partial charge in [-0.25, -0.2) is 0 Å². The van der Waals surface area contributed by atoms with Crippen LogP contribution in [0.2, 0.25) is 0 Å². The van der Waals surface area contributed by atoms with Crippen molar-refractivity contribution in [2.75, 3.05) is 39.9 Å². The third-order valence-corrected chi connectivity index (χ3v) is 3.70. The van der Waals surface area contributed by atoms with Gasteiger partial charge < -0.3 is 20.1 Å². The van der Waals surface area contributed by atoms with Crippen molar-refractivity contribution in [3.05, 3.63) is 0 Å². The van der Waals surface area contributed by atoms with Gasteiger partial charge in [0.15, 0.2) is 0 Å². The first-order valence-corrected chi connectivity index (χ1v) is 7.45. The van der Waals surface area contributed by atoms with Crippen LogP contribution in [0.15, 0.2) is 0 Å². The van der Waals surface area contributed by atoms with E-state index in [9.17, 15) is 5.11 Å². The molecule has 1 heterocycles. The molecule has 0 radical (unpaired) electrons. The SMILES string of the molecule is CC(C)NCC1(CN(C)CC(C)(C)O)CCOCC1. The molecule has 1 aliphatic rings. The van der Waals surface area contributed by atoms with Crippen molar-refractivity contribution in [2.45, 2.75) is 52.2 Å². The van der Waals surface area contributed by atoms with E-state index in [0.29, 0.717) is 12.6 Å². The smallest absolute Gasteiger partial charge is 0.0718 e. The largest absolute Gasteiger partial charge is 0.389 e. The lowest BCUT2D eigenvalue weighted by Crippen LogP contribution is -2.49. The van der Waals surface area contributed by atoms with E-state index in [2.05, 4.69) is 31.1 Å². The summed E-state index contributed by atoms with van der Waals surface area (Å²) in [5, 5.41) is 13.5. The third-order valence-electron chi connectivity index (χ3n) is 3.70. The second-order valence-corrected chi connectivity index (χ2v) is 7.13. The van der Waals surface area contributed by atoms with Crippen molar-refractivity contribution >= 4 is 0 Å². The van der Waals surface area contributed by atoms with Gasteiger partial charge in [0.05, 0.1) is 5.60 Å². The van der Waals surface area contributed by atoms with Gasteiger partial charge in [-0.3, -0.25) is 0 Å². The predicted molar refractivity (Wildman–Crippen MR) is 79.4 cm³/mol. The van der Waals surface area contributed by atoms with Crippen molar-refractivity contribution in [2.24, 2.45) is 5.41 Å². The molecule has 1 fully saturated rings. The second kappa shape index (κ2) is 7.02. The van der Waals surface area contributed by atoms with E-state index in [-0.39, 0.29) is 5.41 Å². The first-order chi connectivity index (χ1) is 8.72. The summed E-state index contributed by atoms with van der Waals surface area (Å²) in [4.78, 5) is 2.26. The van der Waals surface area contributed by atoms with Crippen molar-refractivity contribution in [1.29, 1.82) is 0 Å². The molecule has 1 aliphatic heterocycles. The highest BCUT2D eigenvalue weighted by atomic mass is 16.5. The summed E-state index contributed by atoms with van der Waals surface area (Å²) in [7, 11) is 2.10. The zero-order valence-electron chi connectivity index (χ0n) is 13.3. The molecule has 0 saturated carbocycles. The molecule has 0 aromatic heterocycles. The Morgan fingerprint density at radius 2 is 1.89 bits per heavy atom. The number of ether oxygens (including phenoxy) is 1. The summed E-state index contributed by atoms with van der Waals surface area (Å²) >= 11 is 0. The molecule has 114 valence electrons. The number of hydrogen-bond acceptors (Lipinski definition) is 4. The van der Waals surface area contributed by atoms with Gasteiger partial charge in [0.2, 0.25) is 0 Å². The molecule has 4 heteroatoms. The quantitative estimate of drug-likeness (QED) is 0.737. The van der Waals surface area contributed by atoms with Crippen LogP contribution in [-0.4, -0.2) is 61.5 Å². The molecule has 19 heavy (non-hydrogen) atoms. The van der Waals surface area contributed by atoms with E-state index in [1.54, 1.807) is 0 Å². The van der Waals surface area contributed by atoms with Crippen LogP contribution in [-0.2, 0) is 4.74 Å². The minimum atomic E-state index is -0.632. The minimum Gasteiger partial charge on any atom is -0.389 e. The van der Waals surface area contributed by atoms with Gasteiger partial charge in [0, 0.05) is 38.9 Å². The third kappa shape index (κ3) is 6.70. The van der Waals surface area contributed by atoms with Crippen molar-refractivity contribution in [3.63, 3.8) is 0 Å². The molecule has 1 saturated heterocycles. The van der Waals surface area contributed by atoms with E-state index in [1.807, 2.05) is 13.8 Å². The zero-order valence-corrected chi connectivity index (χ0v) is 13.3. The number of aliphatic hydroxyl groups is 1. The monoisotopic (exact) mass is 272 g/mol. The van der Waals surface area contributed by atoms with Gasteiger partial charge in [0.1, 0.15) is 0 Å². The van der Waals surface area contributed by atoms with Crippen LogP contribution < -0.4 is 5.32 Å². The van der Waals surface area contributed by atoms with Crippen LogP contribution in [0.4, 0.5) is 0 Å². The predicted octanol–water partition coefficient (Wildman–Crippen LogP) is 1.48. The normalized spacial score (nSPS) is 20.2. The lowest BCUT2D eigenvalue weighted by Gasteiger charge is -2.41. The van der Waals surface area contributed by atoms with E-state index in [1.165, 1.54) is 0 Å². The van der Waals surface area contributed by atoms with Gasteiger partial charge in [-0.05, 0) is 39.2 Å². The standard InChI is InChI=1S/C15H32N2O2/c1-13(2)16-10-15(6-8-19-9-7-15)12-17(5)11-14(3,4)18/h13,16,18H,6-12H2,1-5H3. The second-order valence-electron chi connectivity index (χ2n) is 7.13. The van der Waals surface area contributed by atoms with Crippen LogP contribution in [0.3, 0.4) is 0 Å². The number of rotatable bonds is 7. The fourth-order valence-electron chi connectivity index (χ4n) is 2.90. The van der Waals surface area contributed by atoms with E-state index in [4.69, 9.17) is 4.74 Å². The highest BCUT2D eigenvalue weighted by Gasteiger charge is 2.34. The molecule has 0 unspecified atom stereocenters. The van der Waals surface area contributed by atoms with Crippen LogP contribution in [0, 0.1) is 5.41 Å². The topological polar surface area (TPSA) is 44.7 Å². The Kier molecular flexibility index (Phi) is 6.24. The fourth-order valence-corrected chi connectivity index (χ4v) is 2.90. The Labute approximate surface area is 118 Å². The van der Waals surface area contributed by atoms with Crippen LogP contribution >= 0.6 is 0 Å². The molecule has 0 bridgehead atoms. The molecule has 0 spiro atoms. The number of hydrogen-bond donors (Lipinski definition) is 2. The molecule has 1 rings (SSSR count). The lowest BCUT2D eigenvalue weighted by atomic mass is 9.79. The Bertz CT molecular complexity index is 255. The maximum atomic E-state index is 9.94. The summed E-state index contributed by atoms with van der Waals surface area (Å²) < 4.78 is 5.52. The maximum absolute atomic E-state index is 9.94. The Morgan fingerprint density at radius 3 is 2.37 bits per heavy atom. The molecule has 0 atom stereocenters. The van der Waals surface area contributed by atoms with Crippen molar-refractivity contribution in [1.82, 2.24) is 10.2 Å². The maximum Gasteiger partial charge on any atom is 0.0718 e. The highest BCUT2D eigenvalue weighted by molar-refractivity contribution is 4.88. The fraction of sp³-hybridized carbons (Fsp3) is 1.00. The van der Waals surface area contributed by atoms with Gasteiger partial charge in [-0.1, -0.05) is 13.8 Å². The summed E-state index contributed by atoms with van der Waals surface area (Å²) in [6.07, 6.45) is 2.20. The van der Waals surface area contributed by atoms with Crippen molar-refractivity contribution < 1.29 is 9.84 Å². The molecule has 0 aromatic rings.